The van der Waals surface area contributed by atoms with Crippen molar-refractivity contribution in [2.45, 2.75) is 33.0 Å². The van der Waals surface area contributed by atoms with Crippen molar-refractivity contribution >= 4 is 29.2 Å². The molecule has 0 fully saturated rings. The molecular weight excluding hydrogens is 398 g/mol. The number of benzene rings is 2. The average molecular weight is 422 g/mol. The van der Waals surface area contributed by atoms with Gasteiger partial charge in [-0.1, -0.05) is 11.6 Å². The number of hydrogen-bond acceptors (Lipinski definition) is 6. The number of halogens is 1. The first-order chi connectivity index (χ1) is 13.7. The second-order valence-corrected chi connectivity index (χ2v) is 6.83. The number of methoxy groups -OCH3 is 2. The van der Waals surface area contributed by atoms with Crippen LogP contribution in [0.3, 0.4) is 0 Å². The van der Waals surface area contributed by atoms with E-state index in [0.717, 1.165) is 0 Å². The van der Waals surface area contributed by atoms with Crippen LogP contribution in [0.25, 0.3) is 0 Å². The highest BCUT2D eigenvalue weighted by Crippen LogP contribution is 2.37. The molecule has 0 aliphatic rings. The summed E-state index contributed by atoms with van der Waals surface area (Å²) in [7, 11) is 3.00. The van der Waals surface area contributed by atoms with Crippen molar-refractivity contribution in [2.75, 3.05) is 19.5 Å². The summed E-state index contributed by atoms with van der Waals surface area (Å²) < 4.78 is 21.2. The fourth-order valence-electron chi connectivity index (χ4n) is 2.39. The minimum absolute atomic E-state index is 0.124. The van der Waals surface area contributed by atoms with Gasteiger partial charge >= 0.3 is 5.97 Å². The molecule has 8 heteroatoms. The number of rotatable bonds is 8. The van der Waals surface area contributed by atoms with Crippen LogP contribution >= 0.6 is 11.6 Å². The van der Waals surface area contributed by atoms with E-state index < -0.39 is 18.0 Å². The van der Waals surface area contributed by atoms with Crippen molar-refractivity contribution in [2.24, 2.45) is 0 Å². The molecule has 0 heterocycles. The minimum atomic E-state index is -1.03. The van der Waals surface area contributed by atoms with Crippen LogP contribution in [-0.4, -0.2) is 38.3 Å². The molecule has 0 unspecified atom stereocenters. The molecule has 0 saturated carbocycles. The summed E-state index contributed by atoms with van der Waals surface area (Å²) in [5.41, 5.74) is 0.700. The van der Waals surface area contributed by atoms with E-state index in [1.54, 1.807) is 31.4 Å². The summed E-state index contributed by atoms with van der Waals surface area (Å²) in [6.07, 6.45) is -1.15. The predicted molar refractivity (Wildman–Crippen MR) is 110 cm³/mol. The van der Waals surface area contributed by atoms with Gasteiger partial charge in [0.25, 0.3) is 5.91 Å². The van der Waals surface area contributed by atoms with E-state index in [4.69, 9.17) is 30.5 Å². The quantitative estimate of drug-likeness (QED) is 0.639. The molecule has 7 nitrogen and oxygen atoms in total. The molecular formula is C21H24ClNO6. The van der Waals surface area contributed by atoms with Crippen LogP contribution in [0.2, 0.25) is 5.02 Å². The van der Waals surface area contributed by atoms with Gasteiger partial charge in [0.2, 0.25) is 0 Å². The zero-order valence-electron chi connectivity index (χ0n) is 16.9. The van der Waals surface area contributed by atoms with Gasteiger partial charge in [-0.2, -0.15) is 0 Å². The van der Waals surface area contributed by atoms with E-state index in [-0.39, 0.29) is 16.7 Å². The number of hydrogen-bond donors (Lipinski definition) is 1. The second kappa shape index (κ2) is 10.0. The van der Waals surface area contributed by atoms with E-state index >= 15 is 0 Å². The van der Waals surface area contributed by atoms with Crippen LogP contribution in [0.15, 0.2) is 36.4 Å². The number of carbonyl (C=O) groups is 2. The lowest BCUT2D eigenvalue weighted by atomic mass is 10.2. The van der Waals surface area contributed by atoms with Gasteiger partial charge in [-0.15, -0.1) is 0 Å². The number of nitrogens with one attached hydrogen (secondary N) is 1. The lowest BCUT2D eigenvalue weighted by molar-refractivity contribution is -0.123. The molecule has 0 radical (unpaired) electrons. The molecule has 0 aliphatic carbocycles. The van der Waals surface area contributed by atoms with Gasteiger partial charge in [-0.3, -0.25) is 4.79 Å². The van der Waals surface area contributed by atoms with Gasteiger partial charge < -0.3 is 24.3 Å². The van der Waals surface area contributed by atoms with Crippen LogP contribution < -0.4 is 19.5 Å². The Labute approximate surface area is 174 Å². The summed E-state index contributed by atoms with van der Waals surface area (Å²) in [6.45, 7) is 5.17. The lowest BCUT2D eigenvalue weighted by Crippen LogP contribution is -2.30. The Bertz CT molecular complexity index is 866. The van der Waals surface area contributed by atoms with Crippen molar-refractivity contribution < 1.29 is 28.5 Å². The second-order valence-electron chi connectivity index (χ2n) is 6.42. The topological polar surface area (TPSA) is 83.1 Å². The molecule has 0 aliphatic heterocycles. The normalized spacial score (nSPS) is 11.6. The first kappa shape index (κ1) is 22.4. The highest BCUT2D eigenvalue weighted by molar-refractivity contribution is 6.32. The molecule has 2 rings (SSSR count). The molecule has 0 spiro atoms. The summed E-state index contributed by atoms with van der Waals surface area (Å²) >= 11 is 6.23. The van der Waals surface area contributed by atoms with Crippen molar-refractivity contribution in [3.05, 3.63) is 47.0 Å². The van der Waals surface area contributed by atoms with Crippen molar-refractivity contribution in [1.82, 2.24) is 0 Å². The Balaban J connectivity index is 2.07. The molecule has 0 saturated heterocycles. The smallest absolute Gasteiger partial charge is 0.339 e. The third-order valence-electron chi connectivity index (χ3n) is 3.83. The zero-order chi connectivity index (χ0) is 21.6. The highest BCUT2D eigenvalue weighted by atomic mass is 35.5. The summed E-state index contributed by atoms with van der Waals surface area (Å²) in [5.74, 6) is 0.123. The molecule has 0 aromatic heterocycles. The van der Waals surface area contributed by atoms with Gasteiger partial charge in [0.05, 0.1) is 30.9 Å². The van der Waals surface area contributed by atoms with Crippen molar-refractivity contribution in [3.63, 3.8) is 0 Å². The Kier molecular flexibility index (Phi) is 7.73. The van der Waals surface area contributed by atoms with Crippen LogP contribution in [0.1, 0.15) is 31.1 Å². The number of anilines is 1. The van der Waals surface area contributed by atoms with E-state index in [9.17, 15) is 9.59 Å². The molecule has 29 heavy (non-hydrogen) atoms. The third kappa shape index (κ3) is 6.02. The first-order valence-electron chi connectivity index (χ1n) is 8.95. The van der Waals surface area contributed by atoms with Crippen LogP contribution in [0.4, 0.5) is 5.69 Å². The Morgan fingerprint density at radius 2 is 1.66 bits per heavy atom. The van der Waals surface area contributed by atoms with E-state index in [2.05, 4.69) is 5.32 Å². The van der Waals surface area contributed by atoms with Gasteiger partial charge in [0, 0.05) is 5.69 Å². The fraction of sp³-hybridized carbons (Fsp3) is 0.333. The van der Waals surface area contributed by atoms with E-state index in [1.165, 1.54) is 26.2 Å². The van der Waals surface area contributed by atoms with Crippen LogP contribution in [0, 0.1) is 0 Å². The van der Waals surface area contributed by atoms with Gasteiger partial charge in [-0.05, 0) is 57.2 Å². The maximum absolute atomic E-state index is 12.5. The maximum atomic E-state index is 12.5. The van der Waals surface area contributed by atoms with Crippen LogP contribution in [0.5, 0.6) is 17.2 Å². The average Bonchev–Trinajstić information content (AvgIpc) is 2.69. The SMILES string of the molecule is COc1ccc(NC(=O)[C@H](C)OC(=O)c2cc(Cl)c(OC(C)C)c(OC)c2)cc1. The Morgan fingerprint density at radius 1 is 1.00 bits per heavy atom. The van der Waals surface area contributed by atoms with Gasteiger partial charge in [0.1, 0.15) is 5.75 Å². The summed E-state index contributed by atoms with van der Waals surface area (Å²) in [6, 6.07) is 9.66. The molecule has 1 N–H and O–H groups in total. The van der Waals surface area contributed by atoms with E-state index in [0.29, 0.717) is 22.9 Å². The van der Waals surface area contributed by atoms with Crippen molar-refractivity contribution in [3.8, 4) is 17.2 Å². The summed E-state index contributed by atoms with van der Waals surface area (Å²) in [4.78, 5) is 24.8. The number of amides is 1. The fourth-order valence-corrected chi connectivity index (χ4v) is 2.64. The molecule has 0 bridgehead atoms. The predicted octanol–water partition coefficient (Wildman–Crippen LogP) is 4.33. The lowest BCUT2D eigenvalue weighted by Gasteiger charge is -2.17. The standard InChI is InChI=1S/C21H24ClNO6/c1-12(2)28-19-17(22)10-14(11-18(19)27-5)21(25)29-13(3)20(24)23-15-6-8-16(26-4)9-7-15/h6-13H,1-5H3,(H,23,24)/t13-/m0/s1. The first-order valence-corrected chi connectivity index (χ1v) is 9.33. The zero-order valence-corrected chi connectivity index (χ0v) is 17.7. The van der Waals surface area contributed by atoms with Gasteiger partial charge in [0.15, 0.2) is 17.6 Å². The summed E-state index contributed by atoms with van der Waals surface area (Å²) in [5, 5.41) is 2.88. The maximum Gasteiger partial charge on any atom is 0.339 e. The molecule has 2 aromatic carbocycles. The van der Waals surface area contributed by atoms with E-state index in [1.807, 2.05) is 13.8 Å². The number of esters is 1. The molecule has 156 valence electrons. The largest absolute Gasteiger partial charge is 0.497 e. The molecule has 1 atom stereocenters. The van der Waals surface area contributed by atoms with Crippen LogP contribution in [-0.2, 0) is 9.53 Å². The monoisotopic (exact) mass is 421 g/mol. The molecule has 1 amide bonds. The molecule has 2 aromatic rings. The minimum Gasteiger partial charge on any atom is -0.497 e. The third-order valence-corrected chi connectivity index (χ3v) is 4.11. The van der Waals surface area contributed by atoms with Crippen molar-refractivity contribution in [1.29, 1.82) is 0 Å². The Hall–Kier alpha value is -2.93. The number of ether oxygens (including phenoxy) is 4. The highest BCUT2D eigenvalue weighted by Gasteiger charge is 2.22. The number of carbonyl (C=O) groups excluding carboxylic acids is 2. The Morgan fingerprint density at radius 3 is 2.21 bits per heavy atom. The van der Waals surface area contributed by atoms with Gasteiger partial charge in [-0.25, -0.2) is 4.79 Å².